The van der Waals surface area contributed by atoms with Crippen LogP contribution >= 0.6 is 0 Å². The van der Waals surface area contributed by atoms with E-state index in [1.54, 1.807) is 0 Å². The first-order valence-corrected chi connectivity index (χ1v) is 22.3. The Morgan fingerprint density at radius 1 is 0.381 bits per heavy atom. The molecule has 0 N–H and O–H groups in total. The molecule has 9 aromatic carbocycles. The standard InChI is InChI=1S/C62H45N/c1-3-15-42(16-4-1)43-27-34-48(35-28-43)63(49-36-29-44(30-37-49)47-33-40-57-53-21-8-7-19-51(53)52-20-9-10-24-56(52)60(57)41-47)50-38-31-46(32-39-50)62-59-26-14-12-23-55(59)54-22-11-13-25-58(54)61(62)45-17-5-2-6-18-45/h1-29,31-41,44,51,53H,30H2. The Morgan fingerprint density at radius 2 is 0.873 bits per heavy atom. The highest BCUT2D eigenvalue weighted by molar-refractivity contribution is 6.21. The Balaban J connectivity index is 0.933. The van der Waals surface area contributed by atoms with Crippen LogP contribution in [0.2, 0.25) is 0 Å². The van der Waals surface area contributed by atoms with E-state index in [0.29, 0.717) is 11.8 Å². The minimum absolute atomic E-state index is 0.285. The van der Waals surface area contributed by atoms with E-state index < -0.39 is 0 Å². The summed E-state index contributed by atoms with van der Waals surface area (Å²) in [5.74, 6) is 1.05. The van der Waals surface area contributed by atoms with Gasteiger partial charge in [0.15, 0.2) is 0 Å². The maximum atomic E-state index is 2.48. The summed E-state index contributed by atoms with van der Waals surface area (Å²) in [7, 11) is 0. The fourth-order valence-electron chi connectivity index (χ4n) is 10.6. The fourth-order valence-corrected chi connectivity index (χ4v) is 10.6. The third kappa shape index (κ3) is 6.48. The number of rotatable bonds is 7. The number of hydrogen-bond acceptors (Lipinski definition) is 1. The van der Waals surface area contributed by atoms with Gasteiger partial charge in [0.2, 0.25) is 0 Å². The second-order valence-corrected chi connectivity index (χ2v) is 17.1. The maximum absolute atomic E-state index is 2.48. The van der Waals surface area contributed by atoms with Crippen molar-refractivity contribution in [3.05, 3.63) is 265 Å². The van der Waals surface area contributed by atoms with Crippen LogP contribution in [0.3, 0.4) is 0 Å². The maximum Gasteiger partial charge on any atom is 0.0461 e. The van der Waals surface area contributed by atoms with E-state index >= 15 is 0 Å². The van der Waals surface area contributed by atoms with Gasteiger partial charge in [0.25, 0.3) is 0 Å². The summed E-state index contributed by atoms with van der Waals surface area (Å²) in [6.07, 6.45) is 17.3. The highest BCUT2D eigenvalue weighted by Crippen LogP contribution is 2.51. The Bertz CT molecular complexity index is 3290. The van der Waals surface area contributed by atoms with Gasteiger partial charge in [-0.05, 0) is 120 Å². The van der Waals surface area contributed by atoms with E-state index in [0.717, 1.165) is 17.8 Å². The molecule has 0 spiro atoms. The van der Waals surface area contributed by atoms with Gasteiger partial charge in [-0.1, -0.05) is 212 Å². The summed E-state index contributed by atoms with van der Waals surface area (Å²) >= 11 is 0. The minimum Gasteiger partial charge on any atom is -0.311 e. The van der Waals surface area contributed by atoms with E-state index in [-0.39, 0.29) is 5.92 Å². The predicted octanol–water partition coefficient (Wildman–Crippen LogP) is 16.7. The normalized spacial score (nSPS) is 17.2. The van der Waals surface area contributed by atoms with Gasteiger partial charge in [-0.3, -0.25) is 0 Å². The van der Waals surface area contributed by atoms with Crippen LogP contribution in [0.15, 0.2) is 248 Å². The molecule has 63 heavy (non-hydrogen) atoms. The van der Waals surface area contributed by atoms with Crippen molar-refractivity contribution in [1.82, 2.24) is 0 Å². The molecule has 0 aliphatic heterocycles. The molecule has 298 valence electrons. The van der Waals surface area contributed by atoms with Crippen molar-refractivity contribution in [3.63, 3.8) is 0 Å². The number of allylic oxidation sites excluding steroid dienone is 7. The van der Waals surface area contributed by atoms with Crippen molar-refractivity contribution in [1.29, 1.82) is 0 Å². The second kappa shape index (κ2) is 15.6. The number of fused-ring (bicyclic) bond motifs is 9. The van der Waals surface area contributed by atoms with Crippen molar-refractivity contribution >= 4 is 32.9 Å². The molecule has 3 atom stereocenters. The molecule has 0 radical (unpaired) electrons. The van der Waals surface area contributed by atoms with Crippen LogP contribution in [0.1, 0.15) is 40.9 Å². The lowest BCUT2D eigenvalue weighted by Gasteiger charge is -2.34. The van der Waals surface area contributed by atoms with Crippen LogP contribution in [0.5, 0.6) is 0 Å². The van der Waals surface area contributed by atoms with Gasteiger partial charge in [-0.15, -0.1) is 0 Å². The molecule has 12 rings (SSSR count). The van der Waals surface area contributed by atoms with Crippen molar-refractivity contribution < 1.29 is 0 Å². The average molecular weight is 804 g/mol. The van der Waals surface area contributed by atoms with Gasteiger partial charge in [-0.2, -0.15) is 0 Å². The second-order valence-electron chi connectivity index (χ2n) is 17.1. The lowest BCUT2D eigenvalue weighted by atomic mass is 9.69. The van der Waals surface area contributed by atoms with Gasteiger partial charge >= 0.3 is 0 Å². The van der Waals surface area contributed by atoms with Gasteiger partial charge in [0.05, 0.1) is 0 Å². The van der Waals surface area contributed by atoms with Crippen LogP contribution in [0, 0.1) is 0 Å². The minimum atomic E-state index is 0.285. The van der Waals surface area contributed by atoms with Gasteiger partial charge < -0.3 is 4.90 Å². The SMILES string of the molecule is C1=CC2c3ccccc3-c3cc(C4C=CC(N(c5ccc(-c6ccccc6)cc5)c5ccc(-c6c(-c7ccccc7)c7ccccc7c7ccccc67)cc5)=CC4)ccc3C2C=C1. The van der Waals surface area contributed by atoms with Gasteiger partial charge in [0, 0.05) is 34.8 Å². The molecule has 0 amide bonds. The molecule has 0 aromatic heterocycles. The number of anilines is 2. The zero-order valence-electron chi connectivity index (χ0n) is 35.0. The van der Waals surface area contributed by atoms with Crippen molar-refractivity contribution in [3.8, 4) is 44.5 Å². The molecule has 9 aromatic rings. The monoisotopic (exact) mass is 803 g/mol. The zero-order chi connectivity index (χ0) is 41.7. The summed E-state index contributed by atoms with van der Waals surface area (Å²) in [6.45, 7) is 0. The Labute approximate surface area is 370 Å². The first-order chi connectivity index (χ1) is 31.3. The van der Waals surface area contributed by atoms with Crippen LogP contribution in [0.4, 0.5) is 11.4 Å². The first-order valence-electron chi connectivity index (χ1n) is 22.3. The summed E-state index contributed by atoms with van der Waals surface area (Å²) in [4.78, 5) is 2.42. The molecule has 3 aliphatic carbocycles. The van der Waals surface area contributed by atoms with Crippen LogP contribution in [-0.2, 0) is 0 Å². The Hall–Kier alpha value is -7.74. The van der Waals surface area contributed by atoms with Crippen molar-refractivity contribution in [2.24, 2.45) is 0 Å². The van der Waals surface area contributed by atoms with E-state index in [2.05, 4.69) is 248 Å². The lowest BCUT2D eigenvalue weighted by Crippen LogP contribution is -2.18. The lowest BCUT2D eigenvalue weighted by molar-refractivity contribution is 0.718. The van der Waals surface area contributed by atoms with Crippen LogP contribution < -0.4 is 4.90 Å². The van der Waals surface area contributed by atoms with Crippen LogP contribution in [-0.4, -0.2) is 0 Å². The molecule has 3 aliphatic rings. The summed E-state index contributed by atoms with van der Waals surface area (Å²) in [5, 5.41) is 5.08. The number of benzene rings is 9. The summed E-state index contributed by atoms with van der Waals surface area (Å²) in [5.41, 5.74) is 17.8. The Morgan fingerprint density at radius 3 is 1.48 bits per heavy atom. The topological polar surface area (TPSA) is 3.24 Å². The van der Waals surface area contributed by atoms with E-state index in [9.17, 15) is 0 Å². The first kappa shape index (κ1) is 37.1. The smallest absolute Gasteiger partial charge is 0.0461 e. The van der Waals surface area contributed by atoms with Gasteiger partial charge in [-0.25, -0.2) is 0 Å². The Kier molecular flexibility index (Phi) is 9.19. The largest absolute Gasteiger partial charge is 0.311 e. The molecule has 0 bridgehead atoms. The molecular weight excluding hydrogens is 759 g/mol. The highest BCUT2D eigenvalue weighted by Gasteiger charge is 2.32. The van der Waals surface area contributed by atoms with Crippen LogP contribution in [0.25, 0.3) is 66.1 Å². The zero-order valence-corrected chi connectivity index (χ0v) is 35.0. The molecule has 0 saturated heterocycles. The number of nitrogens with zero attached hydrogens (tertiary/aromatic N) is 1. The number of hydrogen-bond donors (Lipinski definition) is 0. The molecule has 3 unspecified atom stereocenters. The quantitative estimate of drug-likeness (QED) is 0.145. The predicted molar refractivity (Wildman–Crippen MR) is 267 cm³/mol. The third-order valence-electron chi connectivity index (χ3n) is 13.6. The third-order valence-corrected chi connectivity index (χ3v) is 13.6. The average Bonchev–Trinajstić information content (AvgIpc) is 3.37. The molecule has 0 fully saturated rings. The fraction of sp³-hybridized carbons (Fsp3) is 0.0645. The molecule has 1 nitrogen and oxygen atoms in total. The summed E-state index contributed by atoms with van der Waals surface area (Å²) in [6, 6.07) is 73.9. The van der Waals surface area contributed by atoms with Gasteiger partial charge in [0.1, 0.15) is 0 Å². The molecule has 0 saturated carbocycles. The molecular formula is C62H45N. The molecule has 0 heterocycles. The van der Waals surface area contributed by atoms with E-state index in [1.807, 2.05) is 0 Å². The summed E-state index contributed by atoms with van der Waals surface area (Å²) < 4.78 is 0. The van der Waals surface area contributed by atoms with E-state index in [1.165, 1.54) is 88.4 Å². The van der Waals surface area contributed by atoms with Crippen molar-refractivity contribution in [2.45, 2.75) is 24.2 Å². The highest BCUT2D eigenvalue weighted by atomic mass is 15.1. The molecule has 1 heteroatoms. The van der Waals surface area contributed by atoms with E-state index in [4.69, 9.17) is 0 Å². The van der Waals surface area contributed by atoms with Crippen molar-refractivity contribution in [2.75, 3.05) is 4.90 Å².